The second-order valence-electron chi connectivity index (χ2n) is 4.31. The molecule has 2 rings (SSSR count). The van der Waals surface area contributed by atoms with Gasteiger partial charge >= 0.3 is 5.97 Å². The molecule has 5 nitrogen and oxygen atoms in total. The Labute approximate surface area is 111 Å². The summed E-state index contributed by atoms with van der Waals surface area (Å²) in [6.07, 6.45) is 1.33. The third kappa shape index (κ3) is 2.54. The second-order valence-corrected chi connectivity index (χ2v) is 4.31. The number of carboxylic acids is 1. The number of hydrogen-bond donors (Lipinski definition) is 2. The van der Waals surface area contributed by atoms with Crippen molar-refractivity contribution in [3.63, 3.8) is 0 Å². The molecule has 0 fully saturated rings. The molecule has 0 saturated heterocycles. The minimum atomic E-state index is -1.05. The van der Waals surface area contributed by atoms with E-state index in [0.717, 1.165) is 11.1 Å². The van der Waals surface area contributed by atoms with Crippen molar-refractivity contribution >= 4 is 11.8 Å². The van der Waals surface area contributed by atoms with E-state index >= 15 is 0 Å². The quantitative estimate of drug-likeness (QED) is 0.883. The summed E-state index contributed by atoms with van der Waals surface area (Å²) in [5, 5.41) is 11.8. The van der Waals surface area contributed by atoms with Crippen molar-refractivity contribution in [2.45, 2.75) is 13.8 Å². The highest BCUT2D eigenvalue weighted by molar-refractivity contribution is 5.93. The molecule has 0 aliphatic carbocycles. The van der Waals surface area contributed by atoms with Crippen LogP contribution in [-0.4, -0.2) is 28.1 Å². The molecular weight excluding hydrogens is 242 g/mol. The summed E-state index contributed by atoms with van der Waals surface area (Å²) < 4.78 is 0. The van der Waals surface area contributed by atoms with Gasteiger partial charge < -0.3 is 10.4 Å². The van der Waals surface area contributed by atoms with Gasteiger partial charge in [0.25, 0.3) is 0 Å². The molecular formula is C14H15N3O2. The van der Waals surface area contributed by atoms with Gasteiger partial charge in [-0.25, -0.2) is 14.8 Å². The molecule has 2 aromatic rings. The third-order valence-corrected chi connectivity index (χ3v) is 3.02. The molecule has 0 saturated carbocycles. The van der Waals surface area contributed by atoms with Crippen molar-refractivity contribution in [2.75, 3.05) is 12.4 Å². The Balaban J connectivity index is 2.51. The summed E-state index contributed by atoms with van der Waals surface area (Å²) in [7, 11) is 1.64. The Morgan fingerprint density at radius 1 is 1.26 bits per heavy atom. The summed E-state index contributed by atoms with van der Waals surface area (Å²) in [4.78, 5) is 19.4. The molecule has 5 heteroatoms. The van der Waals surface area contributed by atoms with Gasteiger partial charge in [-0.2, -0.15) is 0 Å². The molecule has 0 bridgehead atoms. The SMILES string of the molecule is CNc1nc(-c2ccc(C)c(C)c2)ncc1C(=O)O. The molecule has 0 amide bonds. The maximum absolute atomic E-state index is 11.0. The third-order valence-electron chi connectivity index (χ3n) is 3.02. The first kappa shape index (κ1) is 13.0. The Hall–Kier alpha value is -2.43. The Morgan fingerprint density at radius 2 is 2.00 bits per heavy atom. The van der Waals surface area contributed by atoms with Crippen molar-refractivity contribution in [2.24, 2.45) is 0 Å². The predicted molar refractivity (Wildman–Crippen MR) is 73.4 cm³/mol. The number of hydrogen-bond acceptors (Lipinski definition) is 4. The first-order valence-corrected chi connectivity index (χ1v) is 5.88. The fourth-order valence-corrected chi connectivity index (χ4v) is 1.75. The van der Waals surface area contributed by atoms with Crippen LogP contribution in [0.2, 0.25) is 0 Å². The number of benzene rings is 1. The zero-order valence-electron chi connectivity index (χ0n) is 11.1. The maximum atomic E-state index is 11.0. The van der Waals surface area contributed by atoms with E-state index in [4.69, 9.17) is 5.11 Å². The topological polar surface area (TPSA) is 75.1 Å². The van der Waals surface area contributed by atoms with Crippen molar-refractivity contribution in [1.82, 2.24) is 9.97 Å². The van der Waals surface area contributed by atoms with E-state index in [2.05, 4.69) is 15.3 Å². The fourth-order valence-electron chi connectivity index (χ4n) is 1.75. The normalized spacial score (nSPS) is 10.3. The zero-order valence-corrected chi connectivity index (χ0v) is 11.1. The van der Waals surface area contributed by atoms with Crippen LogP contribution in [0.3, 0.4) is 0 Å². The number of aromatic nitrogens is 2. The predicted octanol–water partition coefficient (Wildman–Crippen LogP) is 2.50. The van der Waals surface area contributed by atoms with E-state index in [0.29, 0.717) is 11.6 Å². The van der Waals surface area contributed by atoms with Crippen LogP contribution < -0.4 is 5.32 Å². The van der Waals surface area contributed by atoms with E-state index in [1.54, 1.807) is 7.05 Å². The first-order chi connectivity index (χ1) is 9.02. The van der Waals surface area contributed by atoms with Crippen LogP contribution in [0.1, 0.15) is 21.5 Å². The van der Waals surface area contributed by atoms with Crippen molar-refractivity contribution in [1.29, 1.82) is 0 Å². The average Bonchev–Trinajstić information content (AvgIpc) is 2.41. The van der Waals surface area contributed by atoms with E-state index in [1.165, 1.54) is 11.8 Å². The molecule has 0 spiro atoms. The molecule has 98 valence electrons. The summed E-state index contributed by atoms with van der Waals surface area (Å²) >= 11 is 0. The van der Waals surface area contributed by atoms with Gasteiger partial charge in [0, 0.05) is 18.8 Å². The number of carboxylic acid groups (broad SMARTS) is 1. The van der Waals surface area contributed by atoms with Crippen LogP contribution in [0, 0.1) is 13.8 Å². The summed E-state index contributed by atoms with van der Waals surface area (Å²) in [6.45, 7) is 4.05. The molecule has 19 heavy (non-hydrogen) atoms. The summed E-state index contributed by atoms with van der Waals surface area (Å²) in [5.74, 6) is -0.218. The smallest absolute Gasteiger partial charge is 0.341 e. The monoisotopic (exact) mass is 257 g/mol. The van der Waals surface area contributed by atoms with Gasteiger partial charge in [0.2, 0.25) is 0 Å². The van der Waals surface area contributed by atoms with Crippen molar-refractivity contribution in [3.8, 4) is 11.4 Å². The van der Waals surface area contributed by atoms with Crippen molar-refractivity contribution in [3.05, 3.63) is 41.1 Å². The fraction of sp³-hybridized carbons (Fsp3) is 0.214. The average molecular weight is 257 g/mol. The van der Waals surface area contributed by atoms with Gasteiger partial charge in [-0.1, -0.05) is 12.1 Å². The van der Waals surface area contributed by atoms with Gasteiger partial charge in [-0.05, 0) is 31.0 Å². The first-order valence-electron chi connectivity index (χ1n) is 5.88. The molecule has 0 atom stereocenters. The lowest BCUT2D eigenvalue weighted by molar-refractivity contribution is 0.0697. The van der Waals surface area contributed by atoms with Gasteiger partial charge in [-0.15, -0.1) is 0 Å². The lowest BCUT2D eigenvalue weighted by Crippen LogP contribution is -2.07. The van der Waals surface area contributed by atoms with Crippen LogP contribution in [0.4, 0.5) is 5.82 Å². The van der Waals surface area contributed by atoms with E-state index in [-0.39, 0.29) is 5.56 Å². The number of carbonyl (C=O) groups is 1. The van der Waals surface area contributed by atoms with Crippen molar-refractivity contribution < 1.29 is 9.90 Å². The number of nitrogens with zero attached hydrogens (tertiary/aromatic N) is 2. The summed E-state index contributed by atoms with van der Waals surface area (Å²) in [5.41, 5.74) is 3.28. The number of aromatic carboxylic acids is 1. The number of nitrogens with one attached hydrogen (secondary N) is 1. The highest BCUT2D eigenvalue weighted by Gasteiger charge is 2.13. The lowest BCUT2D eigenvalue weighted by Gasteiger charge is -2.08. The zero-order chi connectivity index (χ0) is 14.0. The van der Waals surface area contributed by atoms with E-state index in [9.17, 15) is 4.79 Å². The Kier molecular flexibility index (Phi) is 3.46. The number of anilines is 1. The van der Waals surface area contributed by atoms with Crippen LogP contribution in [-0.2, 0) is 0 Å². The molecule has 0 aliphatic rings. The molecule has 1 aromatic carbocycles. The highest BCUT2D eigenvalue weighted by atomic mass is 16.4. The Bertz CT molecular complexity index is 639. The number of rotatable bonds is 3. The largest absolute Gasteiger partial charge is 0.477 e. The van der Waals surface area contributed by atoms with E-state index < -0.39 is 5.97 Å². The van der Waals surface area contributed by atoms with Crippen LogP contribution in [0.25, 0.3) is 11.4 Å². The van der Waals surface area contributed by atoms with Crippen LogP contribution >= 0.6 is 0 Å². The Morgan fingerprint density at radius 3 is 2.58 bits per heavy atom. The second kappa shape index (κ2) is 5.06. The maximum Gasteiger partial charge on any atom is 0.341 e. The van der Waals surface area contributed by atoms with Gasteiger partial charge in [0.15, 0.2) is 5.82 Å². The minimum absolute atomic E-state index is 0.0649. The summed E-state index contributed by atoms with van der Waals surface area (Å²) in [6, 6.07) is 5.92. The molecule has 0 aliphatic heterocycles. The van der Waals surface area contributed by atoms with Gasteiger partial charge in [0.05, 0.1) is 0 Å². The molecule has 0 radical (unpaired) electrons. The minimum Gasteiger partial charge on any atom is -0.477 e. The van der Waals surface area contributed by atoms with E-state index in [1.807, 2.05) is 32.0 Å². The molecule has 1 heterocycles. The van der Waals surface area contributed by atoms with Crippen LogP contribution in [0.15, 0.2) is 24.4 Å². The van der Waals surface area contributed by atoms with Gasteiger partial charge in [-0.3, -0.25) is 0 Å². The standard InChI is InChI=1S/C14H15N3O2/c1-8-4-5-10(6-9(8)2)12-16-7-11(14(18)19)13(15-3)17-12/h4-7H,1-3H3,(H,18,19)(H,15,16,17). The lowest BCUT2D eigenvalue weighted by atomic mass is 10.1. The molecule has 0 unspecified atom stereocenters. The van der Waals surface area contributed by atoms with Crippen LogP contribution in [0.5, 0.6) is 0 Å². The highest BCUT2D eigenvalue weighted by Crippen LogP contribution is 2.21. The molecule has 1 aromatic heterocycles. The molecule has 2 N–H and O–H groups in total. The number of aryl methyl sites for hydroxylation is 2. The van der Waals surface area contributed by atoms with Gasteiger partial charge in [0.1, 0.15) is 11.4 Å².